The summed E-state index contributed by atoms with van der Waals surface area (Å²) in [6, 6.07) is 2.28. The number of rotatable bonds is 3. The zero-order valence-corrected chi connectivity index (χ0v) is 13.2. The van der Waals surface area contributed by atoms with Gasteiger partial charge in [-0.05, 0) is 47.3 Å². The van der Waals surface area contributed by atoms with Crippen LogP contribution in [0.5, 0.6) is 0 Å². The summed E-state index contributed by atoms with van der Waals surface area (Å²) in [5.74, 6) is 0.696. The fourth-order valence-corrected chi connectivity index (χ4v) is 4.35. The Morgan fingerprint density at radius 3 is 2.88 bits per heavy atom. The van der Waals surface area contributed by atoms with Crippen LogP contribution in [-0.4, -0.2) is 12.1 Å². The molecule has 0 amide bonds. The van der Waals surface area contributed by atoms with E-state index in [9.17, 15) is 0 Å². The molecule has 1 aromatic heterocycles. The SMILES string of the molecule is CC(C)C1(Cc2cc(Br)cs2)CCCCCN1. The Morgan fingerprint density at radius 2 is 2.24 bits per heavy atom. The van der Waals surface area contributed by atoms with Crippen molar-refractivity contribution in [1.82, 2.24) is 5.32 Å². The Kier molecular flexibility index (Phi) is 4.67. The van der Waals surface area contributed by atoms with Gasteiger partial charge in [-0.15, -0.1) is 11.3 Å². The van der Waals surface area contributed by atoms with Crippen molar-refractivity contribution in [1.29, 1.82) is 0 Å². The molecule has 1 aliphatic heterocycles. The second-order valence-electron chi connectivity index (χ2n) is 5.46. The van der Waals surface area contributed by atoms with E-state index in [-0.39, 0.29) is 0 Å². The maximum atomic E-state index is 3.84. The predicted octanol–water partition coefficient (Wildman–Crippen LogP) is 4.61. The lowest BCUT2D eigenvalue weighted by Crippen LogP contribution is -2.50. The average Bonchev–Trinajstić information content (AvgIpc) is 2.54. The number of hydrogen-bond donors (Lipinski definition) is 1. The minimum Gasteiger partial charge on any atom is -0.311 e. The van der Waals surface area contributed by atoms with Gasteiger partial charge in [0.25, 0.3) is 0 Å². The zero-order valence-electron chi connectivity index (χ0n) is 10.8. The number of nitrogens with one attached hydrogen (secondary N) is 1. The third-order valence-corrected chi connectivity index (χ3v) is 5.69. The van der Waals surface area contributed by atoms with E-state index in [0.29, 0.717) is 11.5 Å². The van der Waals surface area contributed by atoms with E-state index in [1.54, 1.807) is 0 Å². The van der Waals surface area contributed by atoms with E-state index in [0.717, 1.165) is 0 Å². The van der Waals surface area contributed by atoms with E-state index in [4.69, 9.17) is 0 Å². The van der Waals surface area contributed by atoms with Crippen molar-refractivity contribution in [2.24, 2.45) is 5.92 Å². The topological polar surface area (TPSA) is 12.0 Å². The van der Waals surface area contributed by atoms with Gasteiger partial charge in [-0.2, -0.15) is 0 Å². The van der Waals surface area contributed by atoms with Crippen molar-refractivity contribution in [2.45, 2.75) is 51.5 Å². The van der Waals surface area contributed by atoms with E-state index in [1.165, 1.54) is 48.0 Å². The molecule has 1 unspecified atom stereocenters. The fraction of sp³-hybridized carbons (Fsp3) is 0.714. The molecule has 1 aliphatic rings. The maximum Gasteiger partial charge on any atom is 0.0285 e. The molecule has 0 aromatic carbocycles. The van der Waals surface area contributed by atoms with Gasteiger partial charge in [0.2, 0.25) is 0 Å². The smallest absolute Gasteiger partial charge is 0.0285 e. The lowest BCUT2D eigenvalue weighted by atomic mass is 9.79. The number of thiophene rings is 1. The molecular formula is C14H22BrNS. The van der Waals surface area contributed by atoms with Crippen LogP contribution < -0.4 is 5.32 Å². The molecular weight excluding hydrogens is 294 g/mol. The summed E-state index contributed by atoms with van der Waals surface area (Å²) in [5, 5.41) is 6.04. The largest absolute Gasteiger partial charge is 0.311 e. The molecule has 1 atom stereocenters. The third-order valence-electron chi connectivity index (χ3n) is 3.99. The van der Waals surface area contributed by atoms with E-state index >= 15 is 0 Å². The highest BCUT2D eigenvalue weighted by Gasteiger charge is 2.34. The van der Waals surface area contributed by atoms with Crippen molar-refractivity contribution >= 4 is 27.3 Å². The summed E-state index contributed by atoms with van der Waals surface area (Å²) in [7, 11) is 0. The van der Waals surface area contributed by atoms with Crippen LogP contribution in [0.3, 0.4) is 0 Å². The summed E-state index contributed by atoms with van der Waals surface area (Å²) in [6.07, 6.45) is 6.59. The molecule has 96 valence electrons. The zero-order chi connectivity index (χ0) is 12.3. The maximum absolute atomic E-state index is 3.84. The van der Waals surface area contributed by atoms with Gasteiger partial charge in [0, 0.05) is 26.7 Å². The molecule has 1 N–H and O–H groups in total. The van der Waals surface area contributed by atoms with Gasteiger partial charge in [0.05, 0.1) is 0 Å². The summed E-state index contributed by atoms with van der Waals surface area (Å²) in [5.41, 5.74) is 0.320. The molecule has 1 saturated heterocycles. The van der Waals surface area contributed by atoms with Gasteiger partial charge in [-0.3, -0.25) is 0 Å². The van der Waals surface area contributed by atoms with Gasteiger partial charge in [0.1, 0.15) is 0 Å². The van der Waals surface area contributed by atoms with Crippen LogP contribution in [0.4, 0.5) is 0 Å². The first-order chi connectivity index (χ1) is 8.12. The molecule has 3 heteroatoms. The lowest BCUT2D eigenvalue weighted by Gasteiger charge is -2.38. The molecule has 2 heterocycles. The van der Waals surface area contributed by atoms with Crippen molar-refractivity contribution in [2.75, 3.05) is 6.54 Å². The summed E-state index contributed by atoms with van der Waals surface area (Å²) in [4.78, 5) is 1.50. The van der Waals surface area contributed by atoms with Crippen LogP contribution in [0.1, 0.15) is 44.4 Å². The van der Waals surface area contributed by atoms with Crippen molar-refractivity contribution in [3.63, 3.8) is 0 Å². The first kappa shape index (κ1) is 13.6. The highest BCUT2D eigenvalue weighted by atomic mass is 79.9. The van der Waals surface area contributed by atoms with E-state index in [1.807, 2.05) is 11.3 Å². The van der Waals surface area contributed by atoms with Crippen LogP contribution >= 0.6 is 27.3 Å². The molecule has 2 rings (SSSR count). The van der Waals surface area contributed by atoms with Crippen LogP contribution in [0.15, 0.2) is 15.9 Å². The molecule has 0 bridgehead atoms. The molecule has 17 heavy (non-hydrogen) atoms. The van der Waals surface area contributed by atoms with Crippen LogP contribution in [-0.2, 0) is 6.42 Å². The Labute approximate surface area is 117 Å². The van der Waals surface area contributed by atoms with Crippen molar-refractivity contribution < 1.29 is 0 Å². The molecule has 0 spiro atoms. The van der Waals surface area contributed by atoms with Gasteiger partial charge in [0.15, 0.2) is 0 Å². The highest BCUT2D eigenvalue weighted by Crippen LogP contribution is 2.33. The standard InChI is InChI=1S/C14H22BrNS/c1-11(2)14(6-4-3-5-7-16-14)9-13-8-12(15)10-17-13/h8,10-11,16H,3-7,9H2,1-2H3. The predicted molar refractivity (Wildman–Crippen MR) is 79.8 cm³/mol. The van der Waals surface area contributed by atoms with Crippen LogP contribution in [0.2, 0.25) is 0 Å². The van der Waals surface area contributed by atoms with Gasteiger partial charge in [-0.25, -0.2) is 0 Å². The Balaban J connectivity index is 2.15. The molecule has 1 aromatic rings. The summed E-state index contributed by atoms with van der Waals surface area (Å²) in [6.45, 7) is 5.91. The molecule has 1 nitrogen and oxygen atoms in total. The summed E-state index contributed by atoms with van der Waals surface area (Å²) < 4.78 is 1.23. The molecule has 1 fully saturated rings. The minimum atomic E-state index is 0.320. The van der Waals surface area contributed by atoms with Crippen molar-refractivity contribution in [3.05, 3.63) is 20.8 Å². The van der Waals surface area contributed by atoms with Gasteiger partial charge in [-0.1, -0.05) is 26.7 Å². The number of halogens is 1. The first-order valence-electron chi connectivity index (χ1n) is 6.60. The normalized spacial score (nSPS) is 26.1. The summed E-state index contributed by atoms with van der Waals surface area (Å²) >= 11 is 5.44. The van der Waals surface area contributed by atoms with Gasteiger partial charge < -0.3 is 5.32 Å². The first-order valence-corrected chi connectivity index (χ1v) is 8.28. The van der Waals surface area contributed by atoms with Gasteiger partial charge >= 0.3 is 0 Å². The van der Waals surface area contributed by atoms with E-state index < -0.39 is 0 Å². The second-order valence-corrected chi connectivity index (χ2v) is 7.37. The van der Waals surface area contributed by atoms with E-state index in [2.05, 4.69) is 46.5 Å². The Hall–Kier alpha value is 0.140. The van der Waals surface area contributed by atoms with Crippen molar-refractivity contribution in [3.8, 4) is 0 Å². The quantitative estimate of drug-likeness (QED) is 0.858. The fourth-order valence-electron chi connectivity index (χ4n) is 2.77. The molecule has 0 aliphatic carbocycles. The Morgan fingerprint density at radius 1 is 1.41 bits per heavy atom. The van der Waals surface area contributed by atoms with Crippen LogP contribution in [0, 0.1) is 5.92 Å². The lowest BCUT2D eigenvalue weighted by molar-refractivity contribution is 0.227. The molecule has 0 saturated carbocycles. The second kappa shape index (κ2) is 5.85. The Bertz CT molecular complexity index is 351. The third kappa shape index (κ3) is 3.33. The average molecular weight is 316 g/mol. The minimum absolute atomic E-state index is 0.320. The monoisotopic (exact) mass is 315 g/mol. The molecule has 0 radical (unpaired) electrons. The number of hydrogen-bond acceptors (Lipinski definition) is 2. The highest BCUT2D eigenvalue weighted by molar-refractivity contribution is 9.10. The van der Waals surface area contributed by atoms with Crippen LogP contribution in [0.25, 0.3) is 0 Å².